The van der Waals surface area contributed by atoms with E-state index in [-0.39, 0.29) is 18.3 Å². The predicted molar refractivity (Wildman–Crippen MR) is 68.0 cm³/mol. The second-order valence-corrected chi connectivity index (χ2v) is 5.05. The molecule has 1 atom stereocenters. The molecule has 1 aromatic carbocycles. The van der Waals surface area contributed by atoms with E-state index in [1.54, 1.807) is 0 Å². The van der Waals surface area contributed by atoms with Gasteiger partial charge in [0.05, 0.1) is 6.61 Å². The molecule has 0 spiro atoms. The quantitative estimate of drug-likeness (QED) is 0.781. The molecule has 0 amide bonds. The molecule has 0 saturated heterocycles. The Kier molecular flexibility index (Phi) is 4.55. The fraction of sp³-hybridized carbons (Fsp3) is 0.571. The van der Waals surface area contributed by atoms with Crippen LogP contribution in [0.3, 0.4) is 0 Å². The van der Waals surface area contributed by atoms with Gasteiger partial charge in [0.2, 0.25) is 0 Å². The molecule has 0 bridgehead atoms. The standard InChI is InChI=1S/C14H20FNO2/c1-10(8-17)9-18-14-5-11(4-12(15)6-14)7-16-13-2-3-13/h4-6,10,13,16-17H,2-3,7-9H2,1H3. The molecule has 1 aromatic rings. The van der Waals surface area contributed by atoms with E-state index in [0.29, 0.717) is 24.9 Å². The van der Waals surface area contributed by atoms with Crippen LogP contribution >= 0.6 is 0 Å². The molecule has 1 aliphatic rings. The van der Waals surface area contributed by atoms with E-state index in [1.165, 1.54) is 25.0 Å². The Morgan fingerprint density at radius 2 is 2.22 bits per heavy atom. The maximum Gasteiger partial charge on any atom is 0.127 e. The van der Waals surface area contributed by atoms with Crippen LogP contribution in [0.25, 0.3) is 0 Å². The summed E-state index contributed by atoms with van der Waals surface area (Å²) in [6, 6.07) is 5.36. The first-order chi connectivity index (χ1) is 8.67. The number of benzene rings is 1. The zero-order valence-electron chi connectivity index (χ0n) is 10.7. The second kappa shape index (κ2) is 6.16. The third-order valence-corrected chi connectivity index (χ3v) is 2.95. The maximum absolute atomic E-state index is 13.4. The molecule has 4 heteroatoms. The molecule has 100 valence electrons. The van der Waals surface area contributed by atoms with Crippen molar-refractivity contribution in [2.45, 2.75) is 32.4 Å². The van der Waals surface area contributed by atoms with Gasteiger partial charge in [-0.25, -0.2) is 4.39 Å². The van der Waals surface area contributed by atoms with Gasteiger partial charge < -0.3 is 15.2 Å². The van der Waals surface area contributed by atoms with Crippen LogP contribution in [0.1, 0.15) is 25.3 Å². The van der Waals surface area contributed by atoms with Crippen molar-refractivity contribution in [3.63, 3.8) is 0 Å². The molecule has 3 nitrogen and oxygen atoms in total. The van der Waals surface area contributed by atoms with Gasteiger partial charge in [-0.15, -0.1) is 0 Å². The Morgan fingerprint density at radius 3 is 2.89 bits per heavy atom. The lowest BCUT2D eigenvalue weighted by Crippen LogP contribution is -2.16. The maximum atomic E-state index is 13.4. The van der Waals surface area contributed by atoms with E-state index in [4.69, 9.17) is 9.84 Å². The normalized spacial score (nSPS) is 16.6. The lowest BCUT2D eigenvalue weighted by molar-refractivity contribution is 0.174. The average molecular weight is 253 g/mol. The number of aliphatic hydroxyl groups excluding tert-OH is 1. The minimum Gasteiger partial charge on any atom is -0.493 e. The summed E-state index contributed by atoms with van der Waals surface area (Å²) in [7, 11) is 0. The highest BCUT2D eigenvalue weighted by atomic mass is 19.1. The van der Waals surface area contributed by atoms with Crippen LogP contribution in [0.15, 0.2) is 18.2 Å². The summed E-state index contributed by atoms with van der Waals surface area (Å²) in [6.07, 6.45) is 2.43. The summed E-state index contributed by atoms with van der Waals surface area (Å²) < 4.78 is 18.9. The first-order valence-electron chi connectivity index (χ1n) is 6.44. The van der Waals surface area contributed by atoms with Gasteiger partial charge in [0.25, 0.3) is 0 Å². The Labute approximate surface area is 107 Å². The minimum absolute atomic E-state index is 0.0568. The molecule has 1 saturated carbocycles. The van der Waals surface area contributed by atoms with Crippen molar-refractivity contribution in [3.05, 3.63) is 29.6 Å². The van der Waals surface area contributed by atoms with Crippen LogP contribution in [0.5, 0.6) is 5.75 Å². The van der Waals surface area contributed by atoms with Crippen molar-refractivity contribution in [1.29, 1.82) is 0 Å². The number of nitrogens with one attached hydrogen (secondary N) is 1. The molecule has 0 radical (unpaired) electrons. The lowest BCUT2D eigenvalue weighted by atomic mass is 10.2. The molecule has 2 N–H and O–H groups in total. The molecule has 1 fully saturated rings. The van der Waals surface area contributed by atoms with Gasteiger partial charge in [-0.3, -0.25) is 0 Å². The Morgan fingerprint density at radius 1 is 1.44 bits per heavy atom. The summed E-state index contributed by atoms with van der Waals surface area (Å²) in [5.74, 6) is 0.306. The van der Waals surface area contributed by atoms with Gasteiger partial charge in [0.1, 0.15) is 11.6 Å². The van der Waals surface area contributed by atoms with Crippen LogP contribution < -0.4 is 10.1 Å². The summed E-state index contributed by atoms with van der Waals surface area (Å²) in [5.41, 5.74) is 0.897. The Hall–Kier alpha value is -1.13. The van der Waals surface area contributed by atoms with E-state index >= 15 is 0 Å². The van der Waals surface area contributed by atoms with Crippen molar-refractivity contribution in [2.75, 3.05) is 13.2 Å². The summed E-state index contributed by atoms with van der Waals surface area (Å²) in [4.78, 5) is 0. The molecule has 0 aromatic heterocycles. The van der Waals surface area contributed by atoms with E-state index in [9.17, 15) is 4.39 Å². The predicted octanol–water partition coefficient (Wildman–Crippen LogP) is 2.08. The number of ether oxygens (including phenoxy) is 1. The average Bonchev–Trinajstić information content (AvgIpc) is 3.17. The summed E-state index contributed by atoms with van der Waals surface area (Å²) >= 11 is 0. The van der Waals surface area contributed by atoms with Gasteiger partial charge in [0, 0.05) is 31.2 Å². The van der Waals surface area contributed by atoms with Crippen molar-refractivity contribution >= 4 is 0 Å². The number of hydrogen-bond acceptors (Lipinski definition) is 3. The van der Waals surface area contributed by atoms with Crippen LogP contribution in [0, 0.1) is 11.7 Å². The molecule has 0 heterocycles. The third-order valence-electron chi connectivity index (χ3n) is 2.95. The second-order valence-electron chi connectivity index (χ2n) is 5.05. The Balaban J connectivity index is 1.91. The largest absolute Gasteiger partial charge is 0.493 e. The number of aliphatic hydroxyl groups is 1. The zero-order chi connectivity index (χ0) is 13.0. The minimum atomic E-state index is -0.281. The van der Waals surface area contributed by atoms with E-state index in [1.807, 2.05) is 13.0 Å². The van der Waals surface area contributed by atoms with Crippen molar-refractivity contribution < 1.29 is 14.2 Å². The topological polar surface area (TPSA) is 41.5 Å². The first kappa shape index (κ1) is 13.3. The van der Waals surface area contributed by atoms with Gasteiger partial charge in [-0.2, -0.15) is 0 Å². The van der Waals surface area contributed by atoms with Crippen LogP contribution in [0.4, 0.5) is 4.39 Å². The van der Waals surface area contributed by atoms with Gasteiger partial charge >= 0.3 is 0 Å². The molecular formula is C14H20FNO2. The monoisotopic (exact) mass is 253 g/mol. The molecule has 2 rings (SSSR count). The van der Waals surface area contributed by atoms with Crippen molar-refractivity contribution in [2.24, 2.45) is 5.92 Å². The zero-order valence-corrected chi connectivity index (χ0v) is 10.7. The highest BCUT2D eigenvalue weighted by Crippen LogP contribution is 2.21. The van der Waals surface area contributed by atoms with Crippen molar-refractivity contribution in [1.82, 2.24) is 5.32 Å². The van der Waals surface area contributed by atoms with Crippen LogP contribution in [0.2, 0.25) is 0 Å². The number of rotatable bonds is 7. The van der Waals surface area contributed by atoms with Gasteiger partial charge in [-0.1, -0.05) is 6.92 Å². The van der Waals surface area contributed by atoms with Crippen LogP contribution in [-0.4, -0.2) is 24.4 Å². The Bertz CT molecular complexity index is 393. The first-order valence-corrected chi connectivity index (χ1v) is 6.44. The van der Waals surface area contributed by atoms with E-state index in [0.717, 1.165) is 5.56 Å². The fourth-order valence-electron chi connectivity index (χ4n) is 1.65. The molecule has 18 heavy (non-hydrogen) atoms. The van der Waals surface area contributed by atoms with Crippen molar-refractivity contribution in [3.8, 4) is 5.75 Å². The van der Waals surface area contributed by atoms with Gasteiger partial charge in [-0.05, 0) is 30.5 Å². The number of hydrogen-bond donors (Lipinski definition) is 2. The molecule has 1 unspecified atom stereocenters. The highest BCUT2D eigenvalue weighted by molar-refractivity contribution is 5.29. The molecule has 1 aliphatic carbocycles. The summed E-state index contributed by atoms with van der Waals surface area (Å²) in [6.45, 7) is 3.03. The van der Waals surface area contributed by atoms with E-state index < -0.39 is 0 Å². The highest BCUT2D eigenvalue weighted by Gasteiger charge is 2.20. The van der Waals surface area contributed by atoms with Crippen LogP contribution in [-0.2, 0) is 6.54 Å². The smallest absolute Gasteiger partial charge is 0.127 e. The SMILES string of the molecule is CC(CO)COc1cc(F)cc(CNC2CC2)c1. The fourth-order valence-corrected chi connectivity index (χ4v) is 1.65. The lowest BCUT2D eigenvalue weighted by Gasteiger charge is -2.12. The molecule has 0 aliphatic heterocycles. The molecular weight excluding hydrogens is 233 g/mol. The number of halogens is 1. The van der Waals surface area contributed by atoms with E-state index in [2.05, 4.69) is 5.32 Å². The summed E-state index contributed by atoms with van der Waals surface area (Å²) in [5, 5.41) is 12.3. The van der Waals surface area contributed by atoms with Gasteiger partial charge in [0.15, 0.2) is 0 Å². The third kappa shape index (κ3) is 4.27.